The molecule has 1 saturated carbocycles. The molecule has 0 aliphatic heterocycles. The minimum atomic E-state index is -0.603. The van der Waals surface area contributed by atoms with Gasteiger partial charge in [-0.3, -0.25) is 9.59 Å². The highest BCUT2D eigenvalue weighted by molar-refractivity contribution is 7.99. The predicted molar refractivity (Wildman–Crippen MR) is 154 cm³/mol. The monoisotopic (exact) mass is 534 g/mol. The summed E-state index contributed by atoms with van der Waals surface area (Å²) in [5, 5.41) is 3.87. The number of hydrogen-bond donors (Lipinski definition) is 1. The molecule has 0 unspecified atom stereocenters. The van der Waals surface area contributed by atoms with Gasteiger partial charge in [-0.05, 0) is 54.2 Å². The van der Waals surface area contributed by atoms with E-state index in [0.717, 1.165) is 42.6 Å². The van der Waals surface area contributed by atoms with Gasteiger partial charge in [0, 0.05) is 29.8 Å². The molecule has 2 amide bonds. The van der Waals surface area contributed by atoms with Crippen LogP contribution in [0.25, 0.3) is 0 Å². The van der Waals surface area contributed by atoms with Gasteiger partial charge >= 0.3 is 0 Å². The number of halogens is 1. The summed E-state index contributed by atoms with van der Waals surface area (Å²) in [5.74, 6) is 0.939. The van der Waals surface area contributed by atoms with Crippen LogP contribution in [0.4, 0.5) is 0 Å². The zero-order valence-corrected chi connectivity index (χ0v) is 22.9. The van der Waals surface area contributed by atoms with Crippen LogP contribution in [0.1, 0.15) is 47.9 Å². The molecule has 37 heavy (non-hydrogen) atoms. The van der Waals surface area contributed by atoms with Crippen molar-refractivity contribution in [2.24, 2.45) is 0 Å². The van der Waals surface area contributed by atoms with Crippen LogP contribution < -0.4 is 5.32 Å². The molecule has 4 nitrogen and oxygen atoms in total. The summed E-state index contributed by atoms with van der Waals surface area (Å²) in [6.07, 6.45) is 4.73. The van der Waals surface area contributed by atoms with Crippen LogP contribution in [0.3, 0.4) is 0 Å². The van der Waals surface area contributed by atoms with Crippen molar-refractivity contribution in [1.29, 1.82) is 0 Å². The Bertz CT molecular complexity index is 1180. The van der Waals surface area contributed by atoms with E-state index in [4.69, 9.17) is 11.6 Å². The quantitative estimate of drug-likeness (QED) is 0.302. The Morgan fingerprint density at radius 2 is 1.68 bits per heavy atom. The molecule has 3 aromatic carbocycles. The third-order valence-electron chi connectivity index (χ3n) is 6.96. The average Bonchev–Trinajstić information content (AvgIpc) is 3.41. The summed E-state index contributed by atoms with van der Waals surface area (Å²) in [4.78, 5) is 29.2. The third kappa shape index (κ3) is 8.11. The van der Waals surface area contributed by atoms with Gasteiger partial charge in [0.1, 0.15) is 6.04 Å². The van der Waals surface area contributed by atoms with Gasteiger partial charge in [0.15, 0.2) is 0 Å². The highest BCUT2D eigenvalue weighted by atomic mass is 35.5. The first-order valence-electron chi connectivity index (χ1n) is 13.0. The summed E-state index contributed by atoms with van der Waals surface area (Å²) in [6, 6.07) is 25.3. The largest absolute Gasteiger partial charge is 0.352 e. The van der Waals surface area contributed by atoms with E-state index in [-0.39, 0.29) is 17.9 Å². The lowest BCUT2D eigenvalue weighted by Gasteiger charge is -2.32. The molecule has 3 aromatic rings. The van der Waals surface area contributed by atoms with E-state index in [0.29, 0.717) is 23.7 Å². The zero-order valence-electron chi connectivity index (χ0n) is 21.4. The molecule has 0 heterocycles. The molecule has 0 radical (unpaired) electrons. The van der Waals surface area contributed by atoms with E-state index in [1.807, 2.05) is 66.7 Å². The SMILES string of the molecule is Cc1ccccc1CSCC(=O)N(Cc1cccc(Cl)c1)[C@@H](Cc1ccccc1)C(=O)NC1CCCC1. The van der Waals surface area contributed by atoms with Gasteiger partial charge < -0.3 is 10.2 Å². The number of aryl methyl sites for hydroxylation is 1. The number of amides is 2. The predicted octanol–water partition coefficient (Wildman–Crippen LogP) is 6.58. The summed E-state index contributed by atoms with van der Waals surface area (Å²) < 4.78 is 0. The zero-order chi connectivity index (χ0) is 26.0. The molecular formula is C31H35ClN2O2S. The van der Waals surface area contributed by atoms with Crippen LogP contribution in [-0.4, -0.2) is 34.6 Å². The van der Waals surface area contributed by atoms with Crippen molar-refractivity contribution in [3.63, 3.8) is 0 Å². The van der Waals surface area contributed by atoms with Crippen molar-refractivity contribution < 1.29 is 9.59 Å². The van der Waals surface area contributed by atoms with Crippen LogP contribution in [0, 0.1) is 6.92 Å². The number of benzene rings is 3. The van der Waals surface area contributed by atoms with E-state index in [2.05, 4.69) is 24.4 Å². The van der Waals surface area contributed by atoms with Crippen LogP contribution in [-0.2, 0) is 28.3 Å². The van der Waals surface area contributed by atoms with E-state index >= 15 is 0 Å². The fourth-order valence-electron chi connectivity index (χ4n) is 4.86. The number of carbonyl (C=O) groups is 2. The van der Waals surface area contributed by atoms with Crippen molar-refractivity contribution >= 4 is 35.2 Å². The molecule has 0 bridgehead atoms. The molecule has 1 N–H and O–H groups in total. The molecule has 1 fully saturated rings. The van der Waals surface area contributed by atoms with Crippen LogP contribution in [0.15, 0.2) is 78.9 Å². The normalized spacial score (nSPS) is 14.3. The van der Waals surface area contributed by atoms with Gasteiger partial charge in [0.05, 0.1) is 5.75 Å². The summed E-state index contributed by atoms with van der Waals surface area (Å²) in [6.45, 7) is 2.42. The lowest BCUT2D eigenvalue weighted by molar-refractivity contribution is -0.139. The van der Waals surface area contributed by atoms with Crippen LogP contribution in [0.5, 0.6) is 0 Å². The number of carbonyl (C=O) groups excluding carboxylic acids is 2. The number of rotatable bonds is 11. The molecule has 4 rings (SSSR count). The lowest BCUT2D eigenvalue weighted by Crippen LogP contribution is -2.52. The molecule has 0 spiro atoms. The first kappa shape index (κ1) is 27.3. The van der Waals surface area contributed by atoms with E-state index in [1.54, 1.807) is 16.7 Å². The Hall–Kier alpha value is -2.76. The molecule has 0 saturated heterocycles. The molecule has 1 aliphatic rings. The second kappa shape index (κ2) is 13.7. The lowest BCUT2D eigenvalue weighted by atomic mass is 10.0. The van der Waals surface area contributed by atoms with Crippen LogP contribution >= 0.6 is 23.4 Å². The van der Waals surface area contributed by atoms with Gasteiger partial charge in [-0.15, -0.1) is 11.8 Å². The van der Waals surface area contributed by atoms with E-state index < -0.39 is 6.04 Å². The maximum atomic E-state index is 13.8. The average molecular weight is 535 g/mol. The van der Waals surface area contributed by atoms with Crippen LogP contribution in [0.2, 0.25) is 5.02 Å². The van der Waals surface area contributed by atoms with Gasteiger partial charge in [-0.1, -0.05) is 91.2 Å². The highest BCUT2D eigenvalue weighted by Crippen LogP contribution is 2.22. The van der Waals surface area contributed by atoms with E-state index in [9.17, 15) is 9.59 Å². The highest BCUT2D eigenvalue weighted by Gasteiger charge is 2.32. The molecule has 1 atom stereocenters. The Labute approximate surface area is 229 Å². The Balaban J connectivity index is 1.57. The van der Waals surface area contributed by atoms with Crippen molar-refractivity contribution in [3.05, 3.63) is 106 Å². The summed E-state index contributed by atoms with van der Waals surface area (Å²) in [7, 11) is 0. The summed E-state index contributed by atoms with van der Waals surface area (Å²) >= 11 is 7.86. The molecule has 1 aliphatic carbocycles. The van der Waals surface area contributed by atoms with Crippen molar-refractivity contribution in [2.45, 2.75) is 63.4 Å². The minimum Gasteiger partial charge on any atom is -0.352 e. The smallest absolute Gasteiger partial charge is 0.243 e. The number of thioether (sulfide) groups is 1. The standard InChI is InChI=1S/C31H35ClN2O2S/c1-23-10-5-6-14-26(23)21-37-22-30(35)34(20-25-13-9-15-27(32)18-25)29(19-24-11-3-2-4-12-24)31(36)33-28-16-7-8-17-28/h2-6,9-15,18,28-29H,7-8,16-17,19-22H2,1H3,(H,33,36)/t29-/m0/s1. The topological polar surface area (TPSA) is 49.4 Å². The van der Waals surface area contributed by atoms with Gasteiger partial charge in [-0.25, -0.2) is 0 Å². The fraction of sp³-hybridized carbons (Fsp3) is 0.355. The van der Waals surface area contributed by atoms with Crippen molar-refractivity contribution in [3.8, 4) is 0 Å². The first-order chi connectivity index (χ1) is 18.0. The number of nitrogens with zero attached hydrogens (tertiary/aromatic N) is 1. The Morgan fingerprint density at radius 3 is 2.41 bits per heavy atom. The maximum Gasteiger partial charge on any atom is 0.243 e. The Morgan fingerprint density at radius 1 is 0.973 bits per heavy atom. The van der Waals surface area contributed by atoms with E-state index in [1.165, 1.54) is 11.1 Å². The van der Waals surface area contributed by atoms with Crippen molar-refractivity contribution in [2.75, 3.05) is 5.75 Å². The summed E-state index contributed by atoms with van der Waals surface area (Å²) in [5.41, 5.74) is 4.39. The van der Waals surface area contributed by atoms with Gasteiger partial charge in [0.25, 0.3) is 0 Å². The fourth-order valence-corrected chi connectivity index (χ4v) is 6.06. The molecule has 6 heteroatoms. The molecule has 194 valence electrons. The second-order valence-electron chi connectivity index (χ2n) is 9.77. The first-order valence-corrected chi connectivity index (χ1v) is 14.5. The van der Waals surface area contributed by atoms with Gasteiger partial charge in [-0.2, -0.15) is 0 Å². The van der Waals surface area contributed by atoms with Crippen molar-refractivity contribution in [1.82, 2.24) is 10.2 Å². The minimum absolute atomic E-state index is 0.0407. The number of hydrogen-bond acceptors (Lipinski definition) is 3. The molecule has 0 aromatic heterocycles. The second-order valence-corrected chi connectivity index (χ2v) is 11.2. The molecular weight excluding hydrogens is 500 g/mol. The van der Waals surface area contributed by atoms with Gasteiger partial charge in [0.2, 0.25) is 11.8 Å². The number of nitrogens with one attached hydrogen (secondary N) is 1. The maximum absolute atomic E-state index is 13.8. The Kier molecular flexibility index (Phi) is 10.1. The third-order valence-corrected chi connectivity index (χ3v) is 8.16.